The summed E-state index contributed by atoms with van der Waals surface area (Å²) in [6, 6.07) is 6.61. The van der Waals surface area contributed by atoms with Gasteiger partial charge in [-0.1, -0.05) is 6.07 Å². The maximum absolute atomic E-state index is 12.3. The van der Waals surface area contributed by atoms with Gasteiger partial charge in [0.2, 0.25) is 5.91 Å². The number of hydrogen-bond acceptors (Lipinski definition) is 4. The molecule has 1 aromatic carbocycles. The molecule has 138 valence electrons. The van der Waals surface area contributed by atoms with Gasteiger partial charge in [-0.2, -0.15) is 0 Å². The Hall–Kier alpha value is -2.08. The van der Waals surface area contributed by atoms with Crippen molar-refractivity contribution in [3.05, 3.63) is 23.8 Å². The maximum atomic E-state index is 12.3. The quantitative estimate of drug-likeness (QED) is 0.853. The highest BCUT2D eigenvalue weighted by atomic mass is 16.2. The Bertz CT molecular complexity index is 748. The molecule has 0 unspecified atom stereocenters. The number of urea groups is 1. The van der Waals surface area contributed by atoms with Crippen LogP contribution in [0.2, 0.25) is 0 Å². The molecule has 6 nitrogen and oxygen atoms in total. The van der Waals surface area contributed by atoms with Crippen LogP contribution in [0.1, 0.15) is 37.7 Å². The first-order valence-corrected chi connectivity index (χ1v) is 9.86. The summed E-state index contributed by atoms with van der Waals surface area (Å²) >= 11 is 0. The largest absolute Gasteiger partial charge is 0.368 e. The summed E-state index contributed by atoms with van der Waals surface area (Å²) in [5.41, 5.74) is 4.12. The first-order valence-electron chi connectivity index (χ1n) is 9.86. The Morgan fingerprint density at radius 3 is 2.46 bits per heavy atom. The number of fused-ring (bicyclic) bond motifs is 1. The highest BCUT2D eigenvalue weighted by molar-refractivity contribution is 6.06. The number of nitrogens with one attached hydrogen (secondary N) is 2. The molecule has 0 bridgehead atoms. The Morgan fingerprint density at radius 2 is 1.77 bits per heavy atom. The third kappa shape index (κ3) is 2.50. The molecule has 3 aliphatic heterocycles. The van der Waals surface area contributed by atoms with Crippen molar-refractivity contribution in [1.29, 1.82) is 0 Å². The molecule has 2 N–H and O–H groups in total. The topological polar surface area (TPSA) is 64.7 Å². The van der Waals surface area contributed by atoms with Crippen molar-refractivity contribution < 1.29 is 9.59 Å². The third-order valence-corrected chi connectivity index (χ3v) is 6.84. The van der Waals surface area contributed by atoms with E-state index < -0.39 is 0 Å². The SMILES string of the molecule is O=C1CCN(c2cccc3c2CCN3C2CCC3(CC2)CNC3)C(=O)N1. The van der Waals surface area contributed by atoms with E-state index in [1.54, 1.807) is 4.90 Å². The molecule has 1 aliphatic carbocycles. The van der Waals surface area contributed by atoms with Crippen LogP contribution in [0.3, 0.4) is 0 Å². The summed E-state index contributed by atoms with van der Waals surface area (Å²) in [6.07, 6.45) is 6.54. The number of carbonyl (C=O) groups excluding carboxylic acids is 2. The lowest BCUT2D eigenvalue weighted by molar-refractivity contribution is -0.120. The van der Waals surface area contributed by atoms with Crippen LogP contribution in [0.25, 0.3) is 0 Å². The minimum atomic E-state index is -0.287. The second-order valence-corrected chi connectivity index (χ2v) is 8.31. The van der Waals surface area contributed by atoms with Crippen molar-refractivity contribution >= 4 is 23.3 Å². The number of imide groups is 1. The molecule has 0 aromatic heterocycles. The number of anilines is 2. The van der Waals surface area contributed by atoms with Crippen molar-refractivity contribution in [1.82, 2.24) is 10.6 Å². The molecule has 0 radical (unpaired) electrons. The minimum Gasteiger partial charge on any atom is -0.368 e. The normalized spacial score (nSPS) is 25.2. The molecule has 0 atom stereocenters. The molecule has 3 heterocycles. The van der Waals surface area contributed by atoms with E-state index in [9.17, 15) is 9.59 Å². The number of benzene rings is 1. The van der Waals surface area contributed by atoms with Gasteiger partial charge in [-0.15, -0.1) is 0 Å². The van der Waals surface area contributed by atoms with Gasteiger partial charge < -0.3 is 10.2 Å². The van der Waals surface area contributed by atoms with Crippen molar-refractivity contribution in [2.24, 2.45) is 5.41 Å². The molecule has 3 fully saturated rings. The minimum absolute atomic E-state index is 0.179. The van der Waals surface area contributed by atoms with E-state index in [-0.39, 0.29) is 11.9 Å². The Balaban J connectivity index is 1.37. The van der Waals surface area contributed by atoms with Crippen molar-refractivity contribution in [3.63, 3.8) is 0 Å². The summed E-state index contributed by atoms with van der Waals surface area (Å²) in [7, 11) is 0. The van der Waals surface area contributed by atoms with E-state index in [4.69, 9.17) is 0 Å². The van der Waals surface area contributed by atoms with E-state index in [2.05, 4.69) is 27.7 Å². The van der Waals surface area contributed by atoms with Gasteiger partial charge in [0.25, 0.3) is 0 Å². The molecule has 1 aromatic rings. The van der Waals surface area contributed by atoms with Gasteiger partial charge in [0.1, 0.15) is 0 Å². The van der Waals surface area contributed by atoms with Gasteiger partial charge in [-0.05, 0) is 49.7 Å². The van der Waals surface area contributed by atoms with Crippen molar-refractivity contribution in [2.75, 3.05) is 36.0 Å². The van der Waals surface area contributed by atoms with Gasteiger partial charge in [-0.3, -0.25) is 15.0 Å². The van der Waals surface area contributed by atoms with E-state index >= 15 is 0 Å². The van der Waals surface area contributed by atoms with E-state index in [1.165, 1.54) is 50.0 Å². The summed E-state index contributed by atoms with van der Waals surface area (Å²) in [5, 5.41) is 5.89. The predicted molar refractivity (Wildman–Crippen MR) is 101 cm³/mol. The monoisotopic (exact) mass is 354 g/mol. The number of rotatable bonds is 2. The molecule has 3 amide bonds. The Labute approximate surface area is 153 Å². The van der Waals surface area contributed by atoms with Crippen molar-refractivity contribution in [2.45, 2.75) is 44.6 Å². The average Bonchev–Trinajstić information content (AvgIpc) is 3.05. The van der Waals surface area contributed by atoms with Crippen LogP contribution < -0.4 is 20.4 Å². The van der Waals surface area contributed by atoms with Crippen molar-refractivity contribution in [3.8, 4) is 0 Å². The Kier molecular flexibility index (Phi) is 3.71. The van der Waals surface area contributed by atoms with Gasteiger partial charge in [0.05, 0.1) is 5.69 Å². The van der Waals surface area contributed by atoms with Crippen LogP contribution in [0.4, 0.5) is 16.2 Å². The molecule has 4 aliphatic rings. The lowest BCUT2D eigenvalue weighted by atomic mass is 9.68. The summed E-state index contributed by atoms with van der Waals surface area (Å²) in [6.45, 7) is 3.91. The lowest BCUT2D eigenvalue weighted by Crippen LogP contribution is -2.56. The van der Waals surface area contributed by atoms with Gasteiger partial charge in [0.15, 0.2) is 0 Å². The lowest BCUT2D eigenvalue weighted by Gasteiger charge is -2.49. The van der Waals surface area contributed by atoms with Crippen LogP contribution >= 0.6 is 0 Å². The van der Waals surface area contributed by atoms with Gasteiger partial charge in [-0.25, -0.2) is 4.79 Å². The summed E-state index contributed by atoms with van der Waals surface area (Å²) in [5.74, 6) is -0.179. The number of carbonyl (C=O) groups is 2. The van der Waals surface area contributed by atoms with E-state index in [0.29, 0.717) is 24.4 Å². The second-order valence-electron chi connectivity index (χ2n) is 8.31. The molecular weight excluding hydrogens is 328 g/mol. The van der Waals surface area contributed by atoms with Crippen LogP contribution in [0.5, 0.6) is 0 Å². The van der Waals surface area contributed by atoms with Crippen LogP contribution in [0, 0.1) is 5.41 Å². The second kappa shape index (κ2) is 5.98. The third-order valence-electron chi connectivity index (χ3n) is 6.84. The first kappa shape index (κ1) is 16.1. The van der Waals surface area contributed by atoms with E-state index in [0.717, 1.165) is 18.7 Å². The Morgan fingerprint density at radius 1 is 1.00 bits per heavy atom. The smallest absolute Gasteiger partial charge is 0.328 e. The van der Waals surface area contributed by atoms with Crippen LogP contribution in [-0.4, -0.2) is 44.2 Å². The standard InChI is InChI=1S/C20H26N4O2/c25-18-7-11-24(19(26)22-18)17-3-1-2-16-15(17)6-10-23(16)14-4-8-20(9-5-14)12-21-13-20/h1-3,14,21H,4-13H2,(H,22,25,26). The zero-order chi connectivity index (χ0) is 17.7. The molecule has 6 heteroatoms. The zero-order valence-electron chi connectivity index (χ0n) is 15.1. The zero-order valence-corrected chi connectivity index (χ0v) is 15.1. The molecule has 5 rings (SSSR count). The van der Waals surface area contributed by atoms with Gasteiger partial charge >= 0.3 is 6.03 Å². The number of nitrogens with zero attached hydrogens (tertiary/aromatic N) is 2. The fourth-order valence-corrected chi connectivity index (χ4v) is 5.23. The summed E-state index contributed by atoms with van der Waals surface area (Å²) in [4.78, 5) is 28.0. The van der Waals surface area contributed by atoms with Crippen LogP contribution in [0.15, 0.2) is 18.2 Å². The van der Waals surface area contributed by atoms with E-state index in [1.807, 2.05) is 6.07 Å². The van der Waals surface area contributed by atoms with Crippen LogP contribution in [-0.2, 0) is 11.2 Å². The highest BCUT2D eigenvalue weighted by Gasteiger charge is 2.42. The summed E-state index contributed by atoms with van der Waals surface area (Å²) < 4.78 is 0. The fourth-order valence-electron chi connectivity index (χ4n) is 5.23. The first-order chi connectivity index (χ1) is 12.7. The average molecular weight is 354 g/mol. The maximum Gasteiger partial charge on any atom is 0.328 e. The number of hydrogen-bond donors (Lipinski definition) is 2. The molecule has 1 spiro atoms. The predicted octanol–water partition coefficient (Wildman–Crippen LogP) is 2.03. The molecule has 2 saturated heterocycles. The molecule has 1 saturated carbocycles. The number of amides is 3. The highest BCUT2D eigenvalue weighted by Crippen LogP contribution is 2.44. The van der Waals surface area contributed by atoms with Gasteiger partial charge in [0, 0.05) is 49.9 Å². The molecule has 26 heavy (non-hydrogen) atoms. The fraction of sp³-hybridized carbons (Fsp3) is 0.600. The molecular formula is C20H26N4O2.